The lowest BCUT2D eigenvalue weighted by Crippen LogP contribution is -2.42. The summed E-state index contributed by atoms with van der Waals surface area (Å²) in [5, 5.41) is 12.0. The van der Waals surface area contributed by atoms with Gasteiger partial charge in [-0.3, -0.25) is 9.59 Å². The molecule has 0 aliphatic heterocycles. The highest BCUT2D eigenvalue weighted by Gasteiger charge is 2.28. The Morgan fingerprint density at radius 3 is 2.11 bits per heavy atom. The number of aliphatic carboxylic acids is 1. The van der Waals surface area contributed by atoms with Crippen molar-refractivity contribution in [2.24, 2.45) is 17.8 Å². The van der Waals surface area contributed by atoms with Gasteiger partial charge in [0.2, 0.25) is 5.91 Å². The molecule has 0 aromatic carbocycles. The molecule has 4 heteroatoms. The van der Waals surface area contributed by atoms with Crippen LogP contribution in [0, 0.1) is 17.8 Å². The predicted molar refractivity (Wildman–Crippen MR) is 74.8 cm³/mol. The summed E-state index contributed by atoms with van der Waals surface area (Å²) in [5.74, 6) is -0.296. The molecule has 1 unspecified atom stereocenters. The van der Waals surface area contributed by atoms with Gasteiger partial charge in [-0.15, -0.1) is 0 Å². The molecule has 1 aliphatic carbocycles. The number of rotatable bonds is 6. The second kappa shape index (κ2) is 7.51. The zero-order valence-electron chi connectivity index (χ0n) is 12.3. The SMILES string of the molecule is CCC(CC)C(C)C(=O)NC1CCC(C(=O)O)CC1. The van der Waals surface area contributed by atoms with Crippen LogP contribution >= 0.6 is 0 Å². The van der Waals surface area contributed by atoms with Crippen LogP contribution in [0.2, 0.25) is 0 Å². The van der Waals surface area contributed by atoms with Crippen LogP contribution in [0.3, 0.4) is 0 Å². The minimum atomic E-state index is -0.699. The van der Waals surface area contributed by atoms with Crippen molar-refractivity contribution in [2.75, 3.05) is 0 Å². The van der Waals surface area contributed by atoms with Gasteiger partial charge in [0.15, 0.2) is 0 Å². The fraction of sp³-hybridized carbons (Fsp3) is 0.867. The number of amides is 1. The van der Waals surface area contributed by atoms with Crippen molar-refractivity contribution in [3.8, 4) is 0 Å². The Morgan fingerprint density at radius 2 is 1.68 bits per heavy atom. The second-order valence-electron chi connectivity index (χ2n) is 5.76. The first-order chi connectivity index (χ1) is 8.99. The first-order valence-electron chi connectivity index (χ1n) is 7.52. The van der Waals surface area contributed by atoms with Gasteiger partial charge >= 0.3 is 5.97 Å². The molecule has 2 N–H and O–H groups in total. The normalized spacial score (nSPS) is 25.1. The molecule has 1 amide bonds. The summed E-state index contributed by atoms with van der Waals surface area (Å²) in [6.07, 6.45) is 4.99. The number of nitrogens with one attached hydrogen (secondary N) is 1. The van der Waals surface area contributed by atoms with Crippen molar-refractivity contribution in [2.45, 2.75) is 65.3 Å². The fourth-order valence-electron chi connectivity index (χ4n) is 3.03. The number of carboxylic acid groups (broad SMARTS) is 1. The van der Waals surface area contributed by atoms with Gasteiger partial charge in [-0.05, 0) is 31.6 Å². The average Bonchev–Trinajstić information content (AvgIpc) is 2.40. The van der Waals surface area contributed by atoms with E-state index in [4.69, 9.17) is 5.11 Å². The molecular weight excluding hydrogens is 242 g/mol. The highest BCUT2D eigenvalue weighted by atomic mass is 16.4. The summed E-state index contributed by atoms with van der Waals surface area (Å²) < 4.78 is 0. The highest BCUT2D eigenvalue weighted by Crippen LogP contribution is 2.25. The first kappa shape index (κ1) is 16.0. The van der Waals surface area contributed by atoms with Crippen molar-refractivity contribution in [1.29, 1.82) is 0 Å². The van der Waals surface area contributed by atoms with Gasteiger partial charge in [-0.2, -0.15) is 0 Å². The number of carboxylic acids is 1. The van der Waals surface area contributed by atoms with Crippen LogP contribution < -0.4 is 5.32 Å². The Labute approximate surface area is 116 Å². The molecule has 19 heavy (non-hydrogen) atoms. The number of hydrogen-bond donors (Lipinski definition) is 2. The summed E-state index contributed by atoms with van der Waals surface area (Å²) in [6.45, 7) is 6.24. The molecule has 1 aliphatic rings. The van der Waals surface area contributed by atoms with Gasteiger partial charge in [0.1, 0.15) is 0 Å². The van der Waals surface area contributed by atoms with E-state index in [-0.39, 0.29) is 23.8 Å². The summed E-state index contributed by atoms with van der Waals surface area (Å²) >= 11 is 0. The van der Waals surface area contributed by atoms with E-state index in [2.05, 4.69) is 19.2 Å². The molecule has 0 aromatic rings. The maximum Gasteiger partial charge on any atom is 0.306 e. The van der Waals surface area contributed by atoms with Crippen LogP contribution in [-0.4, -0.2) is 23.0 Å². The first-order valence-corrected chi connectivity index (χ1v) is 7.52. The lowest BCUT2D eigenvalue weighted by Gasteiger charge is -2.29. The molecule has 0 saturated heterocycles. The van der Waals surface area contributed by atoms with Crippen LogP contribution in [0.5, 0.6) is 0 Å². The molecule has 110 valence electrons. The Morgan fingerprint density at radius 1 is 1.16 bits per heavy atom. The van der Waals surface area contributed by atoms with E-state index in [0.29, 0.717) is 18.8 Å². The Hall–Kier alpha value is -1.06. The number of hydrogen-bond acceptors (Lipinski definition) is 2. The zero-order chi connectivity index (χ0) is 14.4. The van der Waals surface area contributed by atoms with Crippen LogP contribution in [0.4, 0.5) is 0 Å². The van der Waals surface area contributed by atoms with Gasteiger partial charge in [0.05, 0.1) is 5.92 Å². The zero-order valence-corrected chi connectivity index (χ0v) is 12.3. The monoisotopic (exact) mass is 269 g/mol. The third-order valence-corrected chi connectivity index (χ3v) is 4.59. The molecule has 1 atom stereocenters. The smallest absolute Gasteiger partial charge is 0.306 e. The molecule has 0 aromatic heterocycles. The average molecular weight is 269 g/mol. The van der Waals surface area contributed by atoms with Crippen molar-refractivity contribution >= 4 is 11.9 Å². The molecule has 0 spiro atoms. The van der Waals surface area contributed by atoms with E-state index in [1.165, 1.54) is 0 Å². The molecule has 1 fully saturated rings. The predicted octanol–water partition coefficient (Wildman–Crippen LogP) is 2.82. The largest absolute Gasteiger partial charge is 0.481 e. The number of carbonyl (C=O) groups excluding carboxylic acids is 1. The lowest BCUT2D eigenvalue weighted by molar-refractivity contribution is -0.142. The third-order valence-electron chi connectivity index (χ3n) is 4.59. The van der Waals surface area contributed by atoms with Gasteiger partial charge < -0.3 is 10.4 Å². The lowest BCUT2D eigenvalue weighted by atomic mass is 9.85. The van der Waals surface area contributed by atoms with Crippen LogP contribution in [0.25, 0.3) is 0 Å². The van der Waals surface area contributed by atoms with Crippen molar-refractivity contribution in [3.63, 3.8) is 0 Å². The topological polar surface area (TPSA) is 66.4 Å². The standard InChI is InChI=1S/C15H27NO3/c1-4-11(5-2)10(3)14(17)16-13-8-6-12(7-9-13)15(18)19/h10-13H,4-9H2,1-3H3,(H,16,17)(H,18,19). The van der Waals surface area contributed by atoms with E-state index in [0.717, 1.165) is 25.7 Å². The summed E-state index contributed by atoms with van der Waals surface area (Å²) in [6, 6.07) is 0.167. The minimum absolute atomic E-state index is 0.0483. The van der Waals surface area contributed by atoms with Gasteiger partial charge in [-0.25, -0.2) is 0 Å². The molecule has 1 rings (SSSR count). The van der Waals surface area contributed by atoms with E-state index in [1.54, 1.807) is 0 Å². The maximum absolute atomic E-state index is 12.2. The summed E-state index contributed by atoms with van der Waals surface area (Å²) in [4.78, 5) is 23.0. The van der Waals surface area contributed by atoms with Crippen LogP contribution in [-0.2, 0) is 9.59 Å². The van der Waals surface area contributed by atoms with Gasteiger partial charge in [0.25, 0.3) is 0 Å². The van der Waals surface area contributed by atoms with E-state index < -0.39 is 5.97 Å². The van der Waals surface area contributed by atoms with Crippen molar-refractivity contribution in [3.05, 3.63) is 0 Å². The quantitative estimate of drug-likeness (QED) is 0.779. The maximum atomic E-state index is 12.2. The second-order valence-corrected chi connectivity index (χ2v) is 5.76. The molecule has 0 bridgehead atoms. The number of carbonyl (C=O) groups is 2. The van der Waals surface area contributed by atoms with E-state index >= 15 is 0 Å². The Balaban J connectivity index is 2.40. The van der Waals surface area contributed by atoms with E-state index in [1.807, 2.05) is 6.92 Å². The van der Waals surface area contributed by atoms with Gasteiger partial charge in [0, 0.05) is 12.0 Å². The van der Waals surface area contributed by atoms with E-state index in [9.17, 15) is 9.59 Å². The molecule has 0 heterocycles. The third kappa shape index (κ3) is 4.51. The molecule has 4 nitrogen and oxygen atoms in total. The Bertz CT molecular complexity index is 305. The molecule has 1 saturated carbocycles. The van der Waals surface area contributed by atoms with Crippen molar-refractivity contribution < 1.29 is 14.7 Å². The highest BCUT2D eigenvalue weighted by molar-refractivity contribution is 5.79. The summed E-state index contributed by atoms with van der Waals surface area (Å²) in [7, 11) is 0. The van der Waals surface area contributed by atoms with Crippen molar-refractivity contribution in [1.82, 2.24) is 5.32 Å². The fourth-order valence-corrected chi connectivity index (χ4v) is 3.03. The minimum Gasteiger partial charge on any atom is -0.481 e. The van der Waals surface area contributed by atoms with Gasteiger partial charge in [-0.1, -0.05) is 33.6 Å². The molecule has 0 radical (unpaired) electrons. The Kier molecular flexibility index (Phi) is 6.32. The summed E-state index contributed by atoms with van der Waals surface area (Å²) in [5.41, 5.74) is 0. The van der Waals surface area contributed by atoms with Crippen LogP contribution in [0.15, 0.2) is 0 Å². The van der Waals surface area contributed by atoms with Crippen LogP contribution in [0.1, 0.15) is 59.3 Å². The molecular formula is C15H27NO3.